The van der Waals surface area contributed by atoms with Gasteiger partial charge in [0, 0.05) is 24.9 Å². The molecule has 1 aromatic carbocycles. The van der Waals surface area contributed by atoms with Gasteiger partial charge in [-0.3, -0.25) is 9.59 Å². The van der Waals surface area contributed by atoms with Gasteiger partial charge in [-0.2, -0.15) is 0 Å². The third-order valence-corrected chi connectivity index (χ3v) is 5.32. The van der Waals surface area contributed by atoms with Crippen LogP contribution in [0.2, 0.25) is 0 Å². The SMILES string of the molecule is CCC1(CCC(=O)NCC2OCCc3ccccc32)CCC(=O)N1. The fourth-order valence-corrected chi connectivity index (χ4v) is 3.70. The summed E-state index contributed by atoms with van der Waals surface area (Å²) in [5.74, 6) is 0.125. The van der Waals surface area contributed by atoms with Gasteiger partial charge in [-0.05, 0) is 36.8 Å². The lowest BCUT2D eigenvalue weighted by Crippen LogP contribution is -2.42. The van der Waals surface area contributed by atoms with Crippen molar-refractivity contribution >= 4 is 11.8 Å². The maximum absolute atomic E-state index is 12.2. The van der Waals surface area contributed by atoms with Gasteiger partial charge in [-0.25, -0.2) is 0 Å². The first-order valence-electron chi connectivity index (χ1n) is 8.89. The van der Waals surface area contributed by atoms with Crippen molar-refractivity contribution in [2.24, 2.45) is 0 Å². The molecule has 0 aromatic heterocycles. The van der Waals surface area contributed by atoms with Gasteiger partial charge in [0.15, 0.2) is 0 Å². The van der Waals surface area contributed by atoms with Crippen LogP contribution in [0.25, 0.3) is 0 Å². The van der Waals surface area contributed by atoms with Crippen LogP contribution in [-0.2, 0) is 20.7 Å². The van der Waals surface area contributed by atoms with Gasteiger partial charge in [-0.1, -0.05) is 31.2 Å². The summed E-state index contributed by atoms with van der Waals surface area (Å²) in [6.07, 6.45) is 4.26. The molecule has 1 fully saturated rings. The van der Waals surface area contributed by atoms with E-state index in [0.29, 0.717) is 32.4 Å². The van der Waals surface area contributed by atoms with Gasteiger partial charge in [0.2, 0.25) is 11.8 Å². The van der Waals surface area contributed by atoms with E-state index in [0.717, 1.165) is 19.3 Å². The number of ether oxygens (including phenoxy) is 1. The molecule has 2 heterocycles. The number of fused-ring (bicyclic) bond motifs is 1. The van der Waals surface area contributed by atoms with Crippen LogP contribution in [-0.4, -0.2) is 30.5 Å². The molecule has 2 atom stereocenters. The lowest BCUT2D eigenvalue weighted by molar-refractivity contribution is -0.123. The zero-order valence-corrected chi connectivity index (χ0v) is 14.3. The van der Waals surface area contributed by atoms with Crippen LogP contribution >= 0.6 is 0 Å². The molecule has 1 saturated heterocycles. The van der Waals surface area contributed by atoms with Crippen LogP contribution in [0.15, 0.2) is 24.3 Å². The number of nitrogens with one attached hydrogen (secondary N) is 2. The smallest absolute Gasteiger partial charge is 0.220 e. The van der Waals surface area contributed by atoms with Crippen molar-refractivity contribution in [3.8, 4) is 0 Å². The van der Waals surface area contributed by atoms with Crippen LogP contribution < -0.4 is 10.6 Å². The van der Waals surface area contributed by atoms with Gasteiger partial charge in [-0.15, -0.1) is 0 Å². The monoisotopic (exact) mass is 330 g/mol. The molecular weight excluding hydrogens is 304 g/mol. The first-order valence-corrected chi connectivity index (χ1v) is 8.89. The van der Waals surface area contributed by atoms with Gasteiger partial charge >= 0.3 is 0 Å². The van der Waals surface area contributed by atoms with Crippen molar-refractivity contribution in [2.75, 3.05) is 13.2 Å². The molecule has 2 aliphatic rings. The average Bonchev–Trinajstić information content (AvgIpc) is 3.00. The Labute approximate surface area is 143 Å². The van der Waals surface area contributed by atoms with Gasteiger partial charge in [0.25, 0.3) is 0 Å². The third kappa shape index (κ3) is 3.78. The highest BCUT2D eigenvalue weighted by Crippen LogP contribution is 2.29. The molecule has 0 aliphatic carbocycles. The standard InChI is InChI=1S/C19H26N2O3/c1-2-19(11-8-18(23)21-19)10-7-17(22)20-13-16-15-6-4-3-5-14(15)9-12-24-16/h3-6,16H,2,7-13H2,1H3,(H,20,22)(H,21,23). The van der Waals surface area contributed by atoms with Crippen LogP contribution in [0.5, 0.6) is 0 Å². The number of amides is 2. The Bertz CT molecular complexity index is 616. The van der Waals surface area contributed by atoms with E-state index in [2.05, 4.69) is 29.7 Å². The molecule has 0 radical (unpaired) electrons. The predicted octanol–water partition coefficient (Wildman–Crippen LogP) is 2.26. The summed E-state index contributed by atoms with van der Waals surface area (Å²) in [7, 11) is 0. The molecule has 5 nitrogen and oxygen atoms in total. The average molecular weight is 330 g/mol. The summed E-state index contributed by atoms with van der Waals surface area (Å²) < 4.78 is 5.82. The Morgan fingerprint density at radius 2 is 2.21 bits per heavy atom. The quantitative estimate of drug-likeness (QED) is 0.841. The highest BCUT2D eigenvalue weighted by Gasteiger charge is 2.36. The van der Waals surface area contributed by atoms with Crippen LogP contribution in [0, 0.1) is 0 Å². The predicted molar refractivity (Wildman–Crippen MR) is 91.5 cm³/mol. The Kier molecular flexibility index (Phi) is 5.19. The zero-order valence-electron chi connectivity index (χ0n) is 14.3. The summed E-state index contributed by atoms with van der Waals surface area (Å²) >= 11 is 0. The number of hydrogen-bond donors (Lipinski definition) is 2. The summed E-state index contributed by atoms with van der Waals surface area (Å²) in [5, 5.41) is 6.04. The molecule has 0 saturated carbocycles. The Morgan fingerprint density at radius 1 is 1.38 bits per heavy atom. The van der Waals surface area contributed by atoms with E-state index in [4.69, 9.17) is 4.74 Å². The van der Waals surface area contributed by atoms with E-state index in [1.165, 1.54) is 11.1 Å². The fourth-order valence-electron chi connectivity index (χ4n) is 3.70. The van der Waals surface area contributed by atoms with Crippen LogP contribution in [0.4, 0.5) is 0 Å². The molecule has 2 amide bonds. The molecule has 5 heteroatoms. The first kappa shape index (κ1) is 17.0. The van der Waals surface area contributed by atoms with Crippen molar-refractivity contribution in [2.45, 2.75) is 57.1 Å². The Hall–Kier alpha value is -1.88. The minimum atomic E-state index is -0.192. The first-order chi connectivity index (χ1) is 11.6. The topological polar surface area (TPSA) is 67.4 Å². The molecule has 0 spiro atoms. The highest BCUT2D eigenvalue weighted by molar-refractivity contribution is 5.80. The third-order valence-electron chi connectivity index (χ3n) is 5.32. The maximum Gasteiger partial charge on any atom is 0.220 e. The molecule has 2 N–H and O–H groups in total. The van der Waals surface area contributed by atoms with Gasteiger partial charge in [0.1, 0.15) is 6.10 Å². The maximum atomic E-state index is 12.2. The minimum absolute atomic E-state index is 0.0237. The second-order valence-corrected chi connectivity index (χ2v) is 6.79. The second-order valence-electron chi connectivity index (χ2n) is 6.79. The lowest BCUT2D eigenvalue weighted by atomic mass is 9.89. The van der Waals surface area contributed by atoms with E-state index in [9.17, 15) is 9.59 Å². The van der Waals surface area contributed by atoms with Crippen LogP contribution in [0.3, 0.4) is 0 Å². The summed E-state index contributed by atoms with van der Waals surface area (Å²) in [6.45, 7) is 3.26. The van der Waals surface area contributed by atoms with Crippen molar-refractivity contribution in [3.63, 3.8) is 0 Å². The van der Waals surface area contributed by atoms with E-state index >= 15 is 0 Å². The molecule has 0 bridgehead atoms. The molecule has 1 aromatic rings. The lowest BCUT2D eigenvalue weighted by Gasteiger charge is -2.28. The molecule has 3 rings (SSSR count). The number of hydrogen-bond acceptors (Lipinski definition) is 3. The number of carbonyl (C=O) groups excluding carboxylic acids is 2. The fraction of sp³-hybridized carbons (Fsp3) is 0.579. The number of benzene rings is 1. The summed E-state index contributed by atoms with van der Waals surface area (Å²) in [6, 6.07) is 8.25. The van der Waals surface area contributed by atoms with E-state index in [1.807, 2.05) is 12.1 Å². The van der Waals surface area contributed by atoms with E-state index in [1.54, 1.807) is 0 Å². The largest absolute Gasteiger partial charge is 0.371 e. The van der Waals surface area contributed by atoms with Crippen molar-refractivity contribution in [1.82, 2.24) is 10.6 Å². The van der Waals surface area contributed by atoms with E-state index < -0.39 is 0 Å². The minimum Gasteiger partial charge on any atom is -0.371 e. The molecule has 2 unspecified atom stereocenters. The zero-order chi connectivity index (χ0) is 17.0. The van der Waals surface area contributed by atoms with Crippen LogP contribution in [0.1, 0.15) is 56.3 Å². The summed E-state index contributed by atoms with van der Waals surface area (Å²) in [5.41, 5.74) is 2.29. The molecule has 130 valence electrons. The molecular formula is C19H26N2O3. The van der Waals surface area contributed by atoms with Crippen molar-refractivity contribution < 1.29 is 14.3 Å². The summed E-state index contributed by atoms with van der Waals surface area (Å²) in [4.78, 5) is 23.7. The van der Waals surface area contributed by atoms with Crippen molar-refractivity contribution in [3.05, 3.63) is 35.4 Å². The highest BCUT2D eigenvalue weighted by atomic mass is 16.5. The Morgan fingerprint density at radius 3 is 2.96 bits per heavy atom. The van der Waals surface area contributed by atoms with Gasteiger partial charge < -0.3 is 15.4 Å². The normalized spacial score (nSPS) is 25.9. The van der Waals surface area contributed by atoms with E-state index in [-0.39, 0.29) is 23.5 Å². The number of rotatable bonds is 6. The Balaban J connectivity index is 1.49. The molecule has 2 aliphatic heterocycles. The number of carbonyl (C=O) groups is 2. The molecule has 24 heavy (non-hydrogen) atoms. The second kappa shape index (κ2) is 7.34. The van der Waals surface area contributed by atoms with Crippen molar-refractivity contribution in [1.29, 1.82) is 0 Å². The van der Waals surface area contributed by atoms with Gasteiger partial charge in [0.05, 0.1) is 6.61 Å².